The maximum absolute atomic E-state index is 5.98. The van der Waals surface area contributed by atoms with Crippen molar-refractivity contribution in [3.63, 3.8) is 0 Å². The molecule has 4 heteroatoms. The number of aryl methyl sites for hydroxylation is 2. The summed E-state index contributed by atoms with van der Waals surface area (Å²) in [4.78, 5) is 0. The third-order valence-corrected chi connectivity index (χ3v) is 3.41. The van der Waals surface area contributed by atoms with Crippen LogP contribution in [0.4, 0.5) is 0 Å². The molecule has 0 spiro atoms. The number of nitrogens with two attached hydrogens (primary N) is 1. The van der Waals surface area contributed by atoms with Gasteiger partial charge < -0.3 is 5.73 Å². The Morgan fingerprint density at radius 2 is 2.33 bits per heavy atom. The summed E-state index contributed by atoms with van der Waals surface area (Å²) in [5.74, 6) is 0. The average molecular weight is 272 g/mol. The summed E-state index contributed by atoms with van der Waals surface area (Å²) in [6.07, 6.45) is 3.53. The Morgan fingerprint density at radius 3 is 2.87 bits per heavy atom. The molecule has 0 bridgehead atoms. The Labute approximate surface area is 99.5 Å². The van der Waals surface area contributed by atoms with Crippen LogP contribution in [-0.2, 0) is 13.0 Å². The summed E-state index contributed by atoms with van der Waals surface area (Å²) in [7, 11) is 0. The van der Waals surface area contributed by atoms with E-state index in [-0.39, 0.29) is 6.04 Å². The Hall–Kier alpha value is -0.610. The van der Waals surface area contributed by atoms with Gasteiger partial charge in [0.1, 0.15) is 0 Å². The summed E-state index contributed by atoms with van der Waals surface area (Å²) >= 11 is 3.56. The second-order valence-electron chi connectivity index (χ2n) is 3.65. The lowest BCUT2D eigenvalue weighted by atomic mass is 10.1. The third kappa shape index (κ3) is 2.92. The van der Waals surface area contributed by atoms with E-state index in [2.05, 4.69) is 34.5 Å². The van der Waals surface area contributed by atoms with Crippen molar-refractivity contribution in [1.82, 2.24) is 9.78 Å². The van der Waals surface area contributed by atoms with Crippen LogP contribution in [0.15, 0.2) is 17.1 Å². The normalized spacial score (nSPS) is 12.8. The first-order valence-electron chi connectivity index (χ1n) is 5.18. The molecule has 2 N–H and O–H groups in total. The Morgan fingerprint density at radius 1 is 1.67 bits per heavy atom. The van der Waals surface area contributed by atoms with Gasteiger partial charge in [-0.3, -0.25) is 4.68 Å². The number of nitrogens with zero attached hydrogens (tertiary/aromatic N) is 2. The van der Waals surface area contributed by atoms with Crippen LogP contribution in [0.25, 0.3) is 0 Å². The molecule has 1 aromatic rings. The van der Waals surface area contributed by atoms with E-state index in [4.69, 9.17) is 5.73 Å². The number of halogens is 1. The van der Waals surface area contributed by atoms with Gasteiger partial charge in [-0.25, -0.2) is 0 Å². The largest absolute Gasteiger partial charge is 0.327 e. The highest BCUT2D eigenvalue weighted by atomic mass is 79.9. The fourth-order valence-electron chi connectivity index (χ4n) is 1.61. The lowest BCUT2D eigenvalue weighted by Gasteiger charge is -2.10. The van der Waals surface area contributed by atoms with Crippen LogP contribution < -0.4 is 5.73 Å². The molecule has 15 heavy (non-hydrogen) atoms. The molecule has 1 atom stereocenters. The van der Waals surface area contributed by atoms with Gasteiger partial charge in [0.25, 0.3) is 0 Å². The van der Waals surface area contributed by atoms with E-state index in [9.17, 15) is 0 Å². The van der Waals surface area contributed by atoms with E-state index >= 15 is 0 Å². The zero-order chi connectivity index (χ0) is 11.4. The molecule has 1 rings (SSSR count). The summed E-state index contributed by atoms with van der Waals surface area (Å²) in [5, 5.41) is 4.43. The van der Waals surface area contributed by atoms with Gasteiger partial charge in [-0.15, -0.1) is 6.58 Å². The van der Waals surface area contributed by atoms with Crippen LogP contribution >= 0.6 is 15.9 Å². The van der Waals surface area contributed by atoms with E-state index in [0.717, 1.165) is 29.6 Å². The maximum atomic E-state index is 5.98. The number of hydrogen-bond acceptors (Lipinski definition) is 2. The van der Waals surface area contributed by atoms with Crippen LogP contribution in [0.5, 0.6) is 0 Å². The smallest absolute Gasteiger partial charge is 0.0738 e. The second-order valence-corrected chi connectivity index (χ2v) is 4.44. The highest BCUT2D eigenvalue weighted by Crippen LogP contribution is 2.22. The molecule has 0 saturated heterocycles. The van der Waals surface area contributed by atoms with Gasteiger partial charge in [-0.05, 0) is 36.2 Å². The van der Waals surface area contributed by atoms with Crippen LogP contribution in [0.2, 0.25) is 0 Å². The molecule has 0 amide bonds. The zero-order valence-electron chi connectivity index (χ0n) is 9.33. The van der Waals surface area contributed by atoms with E-state index in [0.29, 0.717) is 0 Å². The molecule has 0 saturated carbocycles. The molecule has 3 nitrogen and oxygen atoms in total. The molecular weight excluding hydrogens is 254 g/mol. The minimum absolute atomic E-state index is 0.125. The first-order chi connectivity index (χ1) is 7.10. The minimum atomic E-state index is 0.125. The quantitative estimate of drug-likeness (QED) is 0.836. The molecule has 0 fully saturated rings. The first kappa shape index (κ1) is 12.5. The van der Waals surface area contributed by atoms with E-state index in [1.54, 1.807) is 0 Å². The number of rotatable bonds is 5. The maximum Gasteiger partial charge on any atom is 0.0738 e. The van der Waals surface area contributed by atoms with Crippen LogP contribution in [0, 0.1) is 6.92 Å². The Kier molecular flexibility index (Phi) is 4.54. The van der Waals surface area contributed by atoms with Crippen LogP contribution in [0.3, 0.4) is 0 Å². The standard InChI is InChI=1S/C11H18BrN3/c1-4-6-9(13)7-10-11(12)8(3)14-15(10)5-2/h4,9H,1,5-7,13H2,2-3H3. The van der Waals surface area contributed by atoms with Gasteiger partial charge in [0.15, 0.2) is 0 Å². The summed E-state index contributed by atoms with van der Waals surface area (Å²) in [6, 6.07) is 0.125. The number of aromatic nitrogens is 2. The van der Waals surface area contributed by atoms with Crippen molar-refractivity contribution in [2.24, 2.45) is 5.73 Å². The fourth-order valence-corrected chi connectivity index (χ4v) is 2.06. The SMILES string of the molecule is C=CCC(N)Cc1c(Br)c(C)nn1CC. The highest BCUT2D eigenvalue weighted by molar-refractivity contribution is 9.10. The van der Waals surface area contributed by atoms with Crippen molar-refractivity contribution in [3.05, 3.63) is 28.5 Å². The van der Waals surface area contributed by atoms with Crippen molar-refractivity contribution in [1.29, 1.82) is 0 Å². The van der Waals surface area contributed by atoms with Crippen molar-refractivity contribution in [3.8, 4) is 0 Å². The monoisotopic (exact) mass is 271 g/mol. The summed E-state index contributed by atoms with van der Waals surface area (Å²) in [6.45, 7) is 8.66. The molecular formula is C11H18BrN3. The Bertz CT molecular complexity index is 344. The van der Waals surface area contributed by atoms with E-state index in [1.165, 1.54) is 5.69 Å². The van der Waals surface area contributed by atoms with Gasteiger partial charge in [-0.1, -0.05) is 6.08 Å². The summed E-state index contributed by atoms with van der Waals surface area (Å²) < 4.78 is 3.09. The van der Waals surface area contributed by atoms with Gasteiger partial charge in [0, 0.05) is 19.0 Å². The minimum Gasteiger partial charge on any atom is -0.327 e. The Balaban J connectivity index is 2.87. The zero-order valence-corrected chi connectivity index (χ0v) is 10.9. The average Bonchev–Trinajstić information content (AvgIpc) is 2.46. The van der Waals surface area contributed by atoms with Crippen molar-refractivity contribution in [2.75, 3.05) is 0 Å². The molecule has 0 aliphatic rings. The molecule has 0 radical (unpaired) electrons. The van der Waals surface area contributed by atoms with Gasteiger partial charge in [0.2, 0.25) is 0 Å². The topological polar surface area (TPSA) is 43.8 Å². The molecule has 0 aliphatic carbocycles. The lowest BCUT2D eigenvalue weighted by molar-refractivity contribution is 0.577. The molecule has 0 aliphatic heterocycles. The molecule has 84 valence electrons. The molecule has 1 heterocycles. The predicted molar refractivity (Wildman–Crippen MR) is 66.8 cm³/mol. The first-order valence-corrected chi connectivity index (χ1v) is 5.97. The van der Waals surface area contributed by atoms with Gasteiger partial charge in [-0.2, -0.15) is 5.10 Å². The highest BCUT2D eigenvalue weighted by Gasteiger charge is 2.14. The fraction of sp³-hybridized carbons (Fsp3) is 0.545. The second kappa shape index (κ2) is 5.47. The van der Waals surface area contributed by atoms with Crippen molar-refractivity contribution in [2.45, 2.75) is 39.3 Å². The number of hydrogen-bond donors (Lipinski definition) is 1. The van der Waals surface area contributed by atoms with Crippen LogP contribution in [-0.4, -0.2) is 15.8 Å². The third-order valence-electron chi connectivity index (χ3n) is 2.38. The van der Waals surface area contributed by atoms with Gasteiger partial charge >= 0.3 is 0 Å². The predicted octanol–water partition coefficient (Wildman–Crippen LogP) is 2.42. The van der Waals surface area contributed by atoms with Crippen molar-refractivity contribution < 1.29 is 0 Å². The summed E-state index contributed by atoms with van der Waals surface area (Å²) in [5.41, 5.74) is 8.19. The van der Waals surface area contributed by atoms with E-state index < -0.39 is 0 Å². The van der Waals surface area contributed by atoms with Gasteiger partial charge in [0.05, 0.1) is 15.9 Å². The molecule has 0 aromatic carbocycles. The van der Waals surface area contributed by atoms with Crippen LogP contribution in [0.1, 0.15) is 24.7 Å². The molecule has 1 aromatic heterocycles. The van der Waals surface area contributed by atoms with E-state index in [1.807, 2.05) is 17.7 Å². The lowest BCUT2D eigenvalue weighted by Crippen LogP contribution is -2.23. The van der Waals surface area contributed by atoms with Crippen molar-refractivity contribution >= 4 is 15.9 Å². The molecule has 1 unspecified atom stereocenters.